The Balaban J connectivity index is 1.59. The van der Waals surface area contributed by atoms with Crippen LogP contribution in [0.15, 0.2) is 47.6 Å². The predicted octanol–water partition coefficient (Wildman–Crippen LogP) is 1.92. The Morgan fingerprint density at radius 3 is 2.29 bits per heavy atom. The van der Waals surface area contributed by atoms with Gasteiger partial charge in [0.05, 0.1) is 16.7 Å². The van der Waals surface area contributed by atoms with E-state index in [0.29, 0.717) is 0 Å². The van der Waals surface area contributed by atoms with Crippen molar-refractivity contribution >= 4 is 28.1 Å². The largest absolute Gasteiger partial charge is 0.378 e. The molecule has 28 heavy (non-hydrogen) atoms. The second-order valence-corrected chi connectivity index (χ2v) is 7.49. The van der Waals surface area contributed by atoms with Crippen molar-refractivity contribution in [1.29, 1.82) is 0 Å². The summed E-state index contributed by atoms with van der Waals surface area (Å²) >= 11 is 0. The SMILES string of the molecule is CN(C)c1ccc2c(c1)n(C)c(=NNc1ccc(N3CCNCC3)cc1)n2C. The van der Waals surface area contributed by atoms with E-state index in [1.807, 2.05) is 7.05 Å². The standard InChI is InChI=1S/C21H29N7/c1-25(2)18-9-10-19-20(15-18)27(4)21(26(19)3)24-23-16-5-7-17(8-6-16)28-13-11-22-12-14-28/h5-10,15,22-23H,11-14H2,1-4H3. The highest BCUT2D eigenvalue weighted by atomic mass is 15.3. The molecule has 1 fully saturated rings. The Labute approximate surface area is 165 Å². The van der Waals surface area contributed by atoms with Gasteiger partial charge in [0.25, 0.3) is 0 Å². The van der Waals surface area contributed by atoms with Crippen LogP contribution in [0.2, 0.25) is 0 Å². The normalized spacial score (nSPS) is 15.3. The van der Waals surface area contributed by atoms with E-state index in [4.69, 9.17) is 0 Å². The van der Waals surface area contributed by atoms with E-state index in [2.05, 4.69) is 98.4 Å². The highest BCUT2D eigenvalue weighted by molar-refractivity contribution is 5.80. The molecular formula is C21H29N7. The van der Waals surface area contributed by atoms with E-state index in [1.54, 1.807) is 0 Å². The number of piperazine rings is 1. The third-order valence-electron chi connectivity index (χ3n) is 5.43. The molecule has 2 heterocycles. The van der Waals surface area contributed by atoms with Crippen molar-refractivity contribution in [3.8, 4) is 0 Å². The van der Waals surface area contributed by atoms with Gasteiger partial charge in [-0.15, -0.1) is 5.10 Å². The summed E-state index contributed by atoms with van der Waals surface area (Å²) < 4.78 is 4.22. The van der Waals surface area contributed by atoms with Crippen LogP contribution >= 0.6 is 0 Å². The van der Waals surface area contributed by atoms with E-state index >= 15 is 0 Å². The van der Waals surface area contributed by atoms with Crippen molar-refractivity contribution in [2.75, 3.05) is 55.5 Å². The van der Waals surface area contributed by atoms with Crippen molar-refractivity contribution in [2.24, 2.45) is 19.2 Å². The van der Waals surface area contributed by atoms with Crippen LogP contribution in [-0.4, -0.2) is 49.4 Å². The molecule has 0 unspecified atom stereocenters. The molecule has 2 N–H and O–H groups in total. The molecule has 1 aliphatic rings. The average molecular weight is 380 g/mol. The molecule has 7 nitrogen and oxygen atoms in total. The number of imidazole rings is 1. The molecule has 0 amide bonds. The van der Waals surface area contributed by atoms with Crippen LogP contribution in [0, 0.1) is 0 Å². The van der Waals surface area contributed by atoms with Gasteiger partial charge in [0.1, 0.15) is 0 Å². The zero-order chi connectivity index (χ0) is 19.7. The maximum atomic E-state index is 4.67. The van der Waals surface area contributed by atoms with Crippen LogP contribution in [0.5, 0.6) is 0 Å². The van der Waals surface area contributed by atoms with Gasteiger partial charge in [-0.05, 0) is 42.5 Å². The minimum atomic E-state index is 0.872. The average Bonchev–Trinajstić information content (AvgIpc) is 2.97. The van der Waals surface area contributed by atoms with E-state index in [0.717, 1.165) is 48.5 Å². The first-order valence-electron chi connectivity index (χ1n) is 9.73. The molecule has 4 rings (SSSR count). The highest BCUT2D eigenvalue weighted by Crippen LogP contribution is 2.20. The van der Waals surface area contributed by atoms with Crippen molar-refractivity contribution in [3.05, 3.63) is 48.1 Å². The lowest BCUT2D eigenvalue weighted by Gasteiger charge is -2.29. The Morgan fingerprint density at radius 2 is 1.61 bits per heavy atom. The predicted molar refractivity (Wildman–Crippen MR) is 117 cm³/mol. The van der Waals surface area contributed by atoms with E-state index in [-0.39, 0.29) is 0 Å². The van der Waals surface area contributed by atoms with Crippen molar-refractivity contribution < 1.29 is 0 Å². The van der Waals surface area contributed by atoms with Gasteiger partial charge in [0, 0.05) is 65.7 Å². The van der Waals surface area contributed by atoms with Crippen LogP contribution < -0.4 is 26.2 Å². The number of hydrogen-bond acceptors (Lipinski definition) is 5. The van der Waals surface area contributed by atoms with Crippen LogP contribution in [0.3, 0.4) is 0 Å². The molecule has 0 aliphatic carbocycles. The van der Waals surface area contributed by atoms with Gasteiger partial charge in [0.2, 0.25) is 5.62 Å². The van der Waals surface area contributed by atoms with Gasteiger partial charge >= 0.3 is 0 Å². The molecule has 1 aliphatic heterocycles. The van der Waals surface area contributed by atoms with Crippen LogP contribution in [0.4, 0.5) is 17.1 Å². The molecule has 0 bridgehead atoms. The lowest BCUT2D eigenvalue weighted by atomic mass is 10.2. The molecule has 0 atom stereocenters. The Morgan fingerprint density at radius 1 is 0.929 bits per heavy atom. The number of anilines is 3. The third kappa shape index (κ3) is 3.45. The summed E-state index contributed by atoms with van der Waals surface area (Å²) in [5.74, 6) is 0. The fraction of sp³-hybridized carbons (Fsp3) is 0.381. The van der Waals surface area contributed by atoms with Crippen molar-refractivity contribution in [1.82, 2.24) is 14.5 Å². The second kappa shape index (κ2) is 7.59. The first-order valence-corrected chi connectivity index (χ1v) is 9.73. The lowest BCUT2D eigenvalue weighted by Crippen LogP contribution is -2.43. The fourth-order valence-electron chi connectivity index (χ4n) is 3.72. The van der Waals surface area contributed by atoms with Crippen LogP contribution in [0.25, 0.3) is 11.0 Å². The molecule has 0 radical (unpaired) electrons. The minimum Gasteiger partial charge on any atom is -0.378 e. The summed E-state index contributed by atoms with van der Waals surface area (Å²) in [6, 6.07) is 15.0. The highest BCUT2D eigenvalue weighted by Gasteiger charge is 2.10. The maximum Gasteiger partial charge on any atom is 0.227 e. The molecular weight excluding hydrogens is 350 g/mol. The molecule has 7 heteroatoms. The number of nitrogens with one attached hydrogen (secondary N) is 2. The molecule has 148 valence electrons. The number of hydrogen-bond donors (Lipinski definition) is 2. The Hall–Kier alpha value is -2.93. The van der Waals surface area contributed by atoms with Crippen LogP contribution in [-0.2, 0) is 14.1 Å². The number of rotatable bonds is 4. The maximum absolute atomic E-state index is 4.67. The van der Waals surface area contributed by atoms with Crippen LogP contribution in [0.1, 0.15) is 0 Å². The first-order chi connectivity index (χ1) is 13.5. The summed E-state index contributed by atoms with van der Waals surface area (Å²) in [6.07, 6.45) is 0. The van der Waals surface area contributed by atoms with Crippen molar-refractivity contribution in [3.63, 3.8) is 0 Å². The van der Waals surface area contributed by atoms with Gasteiger partial charge in [-0.2, -0.15) is 0 Å². The Bertz CT molecular complexity index is 1020. The molecule has 1 saturated heterocycles. The number of aromatic nitrogens is 2. The summed E-state index contributed by atoms with van der Waals surface area (Å²) in [4.78, 5) is 4.52. The fourth-order valence-corrected chi connectivity index (χ4v) is 3.72. The lowest BCUT2D eigenvalue weighted by molar-refractivity contribution is 0.589. The van der Waals surface area contributed by atoms with E-state index < -0.39 is 0 Å². The zero-order valence-corrected chi connectivity index (χ0v) is 17.1. The van der Waals surface area contributed by atoms with Gasteiger partial charge in [-0.3, -0.25) is 5.43 Å². The molecule has 3 aromatic rings. The molecule has 2 aromatic carbocycles. The first kappa shape index (κ1) is 18.4. The van der Waals surface area contributed by atoms with Crippen molar-refractivity contribution in [2.45, 2.75) is 0 Å². The molecule has 0 spiro atoms. The topological polar surface area (TPSA) is 52.8 Å². The number of fused-ring (bicyclic) bond motifs is 1. The van der Waals surface area contributed by atoms with Gasteiger partial charge < -0.3 is 24.3 Å². The van der Waals surface area contributed by atoms with Gasteiger partial charge in [-0.25, -0.2) is 0 Å². The number of aryl methyl sites for hydroxylation is 2. The Kier molecular flexibility index (Phi) is 5.00. The number of nitrogens with zero attached hydrogens (tertiary/aromatic N) is 5. The molecule has 1 aromatic heterocycles. The minimum absolute atomic E-state index is 0.872. The number of benzene rings is 2. The van der Waals surface area contributed by atoms with Gasteiger partial charge in [-0.1, -0.05) is 0 Å². The summed E-state index contributed by atoms with van der Waals surface area (Å²) in [6.45, 7) is 4.20. The summed E-state index contributed by atoms with van der Waals surface area (Å²) in [5.41, 5.74) is 9.82. The second-order valence-electron chi connectivity index (χ2n) is 7.49. The van der Waals surface area contributed by atoms with Gasteiger partial charge in [0.15, 0.2) is 0 Å². The monoisotopic (exact) mass is 379 g/mol. The molecule has 0 saturated carbocycles. The zero-order valence-electron chi connectivity index (χ0n) is 17.1. The van der Waals surface area contributed by atoms with E-state index in [9.17, 15) is 0 Å². The van der Waals surface area contributed by atoms with E-state index in [1.165, 1.54) is 11.4 Å². The third-order valence-corrected chi connectivity index (χ3v) is 5.43. The summed E-state index contributed by atoms with van der Waals surface area (Å²) in [7, 11) is 8.21. The smallest absolute Gasteiger partial charge is 0.227 e. The summed E-state index contributed by atoms with van der Waals surface area (Å²) in [5, 5.41) is 8.06. The quantitative estimate of drug-likeness (QED) is 0.680.